The van der Waals surface area contributed by atoms with Crippen molar-refractivity contribution in [3.63, 3.8) is 0 Å². The Morgan fingerprint density at radius 2 is 1.29 bits per heavy atom. The van der Waals surface area contributed by atoms with E-state index in [2.05, 4.69) is 17.4 Å². The number of hydrogen-bond acceptors (Lipinski definition) is 7. The van der Waals surface area contributed by atoms with E-state index in [0.29, 0.717) is 30.7 Å². The summed E-state index contributed by atoms with van der Waals surface area (Å²) < 4.78 is 49.2. The summed E-state index contributed by atoms with van der Waals surface area (Å²) >= 11 is 0. The fourth-order valence-corrected chi connectivity index (χ4v) is 5.34. The quantitative estimate of drug-likeness (QED) is 0.0347. The maximum absolute atomic E-state index is 13.0. The molecular formula is C37H61F3N2O6. The number of carbonyl (C=O) groups excluding carboxylic acids is 1. The number of benzene rings is 1. The summed E-state index contributed by atoms with van der Waals surface area (Å²) in [7, 11) is 1.59. The molecule has 2 N–H and O–H groups in total. The maximum atomic E-state index is 13.0. The number of unbranched alkanes of at least 4 members (excludes halogenated alkanes) is 16. The predicted molar refractivity (Wildman–Crippen MR) is 184 cm³/mol. The number of esters is 1. The number of carboxylic acid groups (broad SMARTS) is 1. The number of oxime groups is 1. The standard InChI is InChI=1S/C37H61F3N2O6/c1-3-4-5-6-7-8-9-10-11-12-13-14-15-16-17-19-28-47-35(43)30-34(36(44)45)41-26-29-48-42-33(21-18-20-27-46-2)31-22-24-32(25-23-31)37(38,39)40/h22-25,34,41H,3-21,26-30H2,1-2H3,(H,44,45)/b42-33+. The molecule has 48 heavy (non-hydrogen) atoms. The highest BCUT2D eigenvalue weighted by atomic mass is 19.4. The summed E-state index contributed by atoms with van der Waals surface area (Å²) in [6.45, 7) is 3.17. The van der Waals surface area contributed by atoms with Gasteiger partial charge in [-0.15, -0.1) is 0 Å². The Morgan fingerprint density at radius 3 is 1.79 bits per heavy atom. The van der Waals surface area contributed by atoms with Crippen molar-refractivity contribution >= 4 is 17.7 Å². The molecule has 276 valence electrons. The van der Waals surface area contributed by atoms with E-state index >= 15 is 0 Å². The molecule has 1 atom stereocenters. The van der Waals surface area contributed by atoms with Gasteiger partial charge in [-0.1, -0.05) is 121 Å². The molecule has 0 saturated carbocycles. The number of carbonyl (C=O) groups is 2. The van der Waals surface area contributed by atoms with Gasteiger partial charge in [-0.25, -0.2) is 0 Å². The molecule has 0 aromatic heterocycles. The number of hydrogen-bond donors (Lipinski definition) is 2. The minimum absolute atomic E-state index is 0.000225. The van der Waals surface area contributed by atoms with Crippen molar-refractivity contribution in [3.05, 3.63) is 35.4 Å². The Kier molecular flexibility index (Phi) is 25.5. The summed E-state index contributed by atoms with van der Waals surface area (Å²) in [6.07, 6.45) is 17.3. The lowest BCUT2D eigenvalue weighted by molar-refractivity contribution is -0.149. The molecule has 0 saturated heterocycles. The molecule has 1 rings (SSSR count). The van der Waals surface area contributed by atoms with Gasteiger partial charge in [-0.3, -0.25) is 9.59 Å². The number of nitrogens with one attached hydrogen (secondary N) is 1. The Labute approximate surface area is 286 Å². The highest BCUT2D eigenvalue weighted by Crippen LogP contribution is 2.29. The van der Waals surface area contributed by atoms with E-state index in [1.807, 2.05) is 0 Å². The van der Waals surface area contributed by atoms with E-state index in [4.69, 9.17) is 14.3 Å². The van der Waals surface area contributed by atoms with Gasteiger partial charge in [-0.05, 0) is 43.4 Å². The second-order valence-electron chi connectivity index (χ2n) is 12.5. The average molecular weight is 687 g/mol. The van der Waals surface area contributed by atoms with Crippen molar-refractivity contribution in [2.24, 2.45) is 5.16 Å². The van der Waals surface area contributed by atoms with Gasteiger partial charge >= 0.3 is 18.1 Å². The summed E-state index contributed by atoms with van der Waals surface area (Å²) in [6, 6.07) is 3.56. The third kappa shape index (κ3) is 22.8. The van der Waals surface area contributed by atoms with Crippen molar-refractivity contribution in [1.29, 1.82) is 0 Å². The zero-order valence-corrected chi connectivity index (χ0v) is 29.4. The van der Waals surface area contributed by atoms with E-state index in [1.165, 1.54) is 95.6 Å². The third-order valence-electron chi connectivity index (χ3n) is 8.25. The zero-order valence-electron chi connectivity index (χ0n) is 29.4. The van der Waals surface area contributed by atoms with Crippen LogP contribution in [0.3, 0.4) is 0 Å². The van der Waals surface area contributed by atoms with Crippen LogP contribution >= 0.6 is 0 Å². The number of carboxylic acids is 1. The number of methoxy groups -OCH3 is 1. The van der Waals surface area contributed by atoms with Crippen LogP contribution in [0.4, 0.5) is 13.2 Å². The lowest BCUT2D eigenvalue weighted by Gasteiger charge is -2.14. The molecule has 11 heteroatoms. The molecule has 0 fully saturated rings. The van der Waals surface area contributed by atoms with Crippen LogP contribution in [-0.2, 0) is 30.1 Å². The fraction of sp³-hybridized carbons (Fsp3) is 0.757. The number of aliphatic carboxylic acids is 1. The summed E-state index contributed by atoms with van der Waals surface area (Å²) in [4.78, 5) is 29.3. The van der Waals surface area contributed by atoms with E-state index in [9.17, 15) is 27.9 Å². The molecule has 1 aromatic carbocycles. The summed E-state index contributed by atoms with van der Waals surface area (Å²) in [5.41, 5.74) is 0.231. The van der Waals surface area contributed by atoms with E-state index in [-0.39, 0.29) is 26.2 Å². The van der Waals surface area contributed by atoms with E-state index in [1.54, 1.807) is 7.11 Å². The van der Waals surface area contributed by atoms with Crippen LogP contribution in [0.1, 0.15) is 146 Å². The number of nitrogens with zero attached hydrogens (tertiary/aromatic N) is 1. The van der Waals surface area contributed by atoms with Gasteiger partial charge in [0.05, 0.1) is 24.3 Å². The topological polar surface area (TPSA) is 106 Å². The maximum Gasteiger partial charge on any atom is 0.416 e. The first-order valence-electron chi connectivity index (χ1n) is 18.2. The van der Waals surface area contributed by atoms with Crippen molar-refractivity contribution in [2.75, 3.05) is 33.5 Å². The van der Waals surface area contributed by atoms with Crippen LogP contribution in [0, 0.1) is 0 Å². The highest BCUT2D eigenvalue weighted by molar-refractivity contribution is 6.00. The molecule has 0 bridgehead atoms. The van der Waals surface area contributed by atoms with E-state index < -0.39 is 29.7 Å². The molecular weight excluding hydrogens is 625 g/mol. The second-order valence-corrected chi connectivity index (χ2v) is 12.5. The van der Waals surface area contributed by atoms with Gasteiger partial charge in [0.15, 0.2) is 0 Å². The number of halogens is 3. The zero-order chi connectivity index (χ0) is 35.3. The normalized spacial score (nSPS) is 12.6. The molecule has 1 unspecified atom stereocenters. The van der Waals surface area contributed by atoms with Crippen molar-refractivity contribution in [3.8, 4) is 0 Å². The van der Waals surface area contributed by atoms with Crippen LogP contribution in [0.2, 0.25) is 0 Å². The largest absolute Gasteiger partial charge is 0.480 e. The monoisotopic (exact) mass is 686 g/mol. The Hall–Kier alpha value is -2.66. The highest BCUT2D eigenvalue weighted by Gasteiger charge is 2.30. The van der Waals surface area contributed by atoms with Crippen LogP contribution < -0.4 is 5.32 Å². The number of alkyl halides is 3. The van der Waals surface area contributed by atoms with Crippen LogP contribution in [0.25, 0.3) is 0 Å². The first-order valence-corrected chi connectivity index (χ1v) is 18.2. The van der Waals surface area contributed by atoms with Gasteiger partial charge in [0, 0.05) is 20.3 Å². The molecule has 1 aromatic rings. The number of rotatable bonds is 31. The van der Waals surface area contributed by atoms with Crippen LogP contribution in [0.15, 0.2) is 29.4 Å². The first-order chi connectivity index (χ1) is 23.2. The van der Waals surface area contributed by atoms with Gasteiger partial charge in [0.1, 0.15) is 12.6 Å². The number of ether oxygens (including phenoxy) is 2. The van der Waals surface area contributed by atoms with Gasteiger partial charge in [0.2, 0.25) is 0 Å². The molecule has 8 nitrogen and oxygen atoms in total. The molecule has 0 heterocycles. The van der Waals surface area contributed by atoms with Crippen molar-refractivity contribution in [2.45, 2.75) is 148 Å². The first kappa shape index (κ1) is 43.4. The van der Waals surface area contributed by atoms with E-state index in [0.717, 1.165) is 37.8 Å². The Bertz CT molecular complexity index is 988. The van der Waals surface area contributed by atoms with Crippen LogP contribution in [-0.4, -0.2) is 62.3 Å². The molecule has 0 amide bonds. The fourth-order valence-electron chi connectivity index (χ4n) is 5.34. The summed E-state index contributed by atoms with van der Waals surface area (Å²) in [5.74, 6) is -1.75. The smallest absolute Gasteiger partial charge is 0.416 e. The summed E-state index contributed by atoms with van der Waals surface area (Å²) in [5, 5.41) is 16.4. The molecule has 0 aliphatic heterocycles. The molecule has 0 spiro atoms. The second kappa shape index (κ2) is 28.2. The van der Waals surface area contributed by atoms with Gasteiger partial charge in [0.25, 0.3) is 0 Å². The van der Waals surface area contributed by atoms with Crippen molar-refractivity contribution in [1.82, 2.24) is 5.32 Å². The third-order valence-corrected chi connectivity index (χ3v) is 8.25. The minimum atomic E-state index is -4.44. The Morgan fingerprint density at radius 1 is 0.771 bits per heavy atom. The minimum Gasteiger partial charge on any atom is -0.480 e. The van der Waals surface area contributed by atoms with Gasteiger partial charge in [-0.2, -0.15) is 13.2 Å². The van der Waals surface area contributed by atoms with Crippen molar-refractivity contribution < 1.29 is 42.2 Å². The van der Waals surface area contributed by atoms with Gasteiger partial charge < -0.3 is 24.7 Å². The van der Waals surface area contributed by atoms with Crippen LogP contribution in [0.5, 0.6) is 0 Å². The Balaban J connectivity index is 2.23. The molecule has 0 radical (unpaired) electrons. The SMILES string of the molecule is CCCCCCCCCCCCCCCCCCOC(=O)CC(NCCO/N=C(\CCCCOC)c1ccc(C(F)(F)F)cc1)C(=O)O. The molecule has 0 aliphatic carbocycles. The lowest BCUT2D eigenvalue weighted by atomic mass is 10.0. The molecule has 0 aliphatic rings. The average Bonchev–Trinajstić information content (AvgIpc) is 3.06. The predicted octanol–water partition coefficient (Wildman–Crippen LogP) is 9.48. The lowest BCUT2D eigenvalue weighted by Crippen LogP contribution is -2.40.